The van der Waals surface area contributed by atoms with Crippen molar-refractivity contribution in [2.45, 2.75) is 91.1 Å². The van der Waals surface area contributed by atoms with Gasteiger partial charge in [0.25, 0.3) is 0 Å². The summed E-state index contributed by atoms with van der Waals surface area (Å²) in [4.78, 5) is 12.4. The molecule has 0 aliphatic rings. The third-order valence-electron chi connectivity index (χ3n) is 5.34. The first kappa shape index (κ1) is 24.0. The molecular formula is C27H38O3. The molecule has 0 aliphatic carbocycles. The Bertz CT molecular complexity index is 719. The van der Waals surface area contributed by atoms with Crippen LogP contribution in [0.1, 0.15) is 94.5 Å². The molecule has 164 valence electrons. The van der Waals surface area contributed by atoms with Gasteiger partial charge < -0.3 is 9.47 Å². The van der Waals surface area contributed by atoms with Crippen molar-refractivity contribution in [3.05, 3.63) is 59.7 Å². The van der Waals surface area contributed by atoms with E-state index in [-0.39, 0.29) is 12.1 Å². The van der Waals surface area contributed by atoms with Crippen LogP contribution in [0.3, 0.4) is 0 Å². The number of benzene rings is 2. The van der Waals surface area contributed by atoms with Gasteiger partial charge in [-0.15, -0.1) is 0 Å². The van der Waals surface area contributed by atoms with Crippen molar-refractivity contribution in [2.24, 2.45) is 0 Å². The van der Waals surface area contributed by atoms with Crippen molar-refractivity contribution in [3.63, 3.8) is 0 Å². The molecule has 0 N–H and O–H groups in total. The average molecular weight is 411 g/mol. The molecule has 0 aliphatic heterocycles. The molecule has 3 heteroatoms. The van der Waals surface area contributed by atoms with Gasteiger partial charge in [0.1, 0.15) is 11.5 Å². The number of carbonyl (C=O) groups is 1. The molecule has 0 spiro atoms. The van der Waals surface area contributed by atoms with Gasteiger partial charge in [-0.1, -0.05) is 64.5 Å². The van der Waals surface area contributed by atoms with Crippen molar-refractivity contribution in [1.82, 2.24) is 0 Å². The summed E-state index contributed by atoms with van der Waals surface area (Å²) in [6, 6.07) is 15.1. The van der Waals surface area contributed by atoms with Gasteiger partial charge >= 0.3 is 5.97 Å². The van der Waals surface area contributed by atoms with Crippen LogP contribution in [0, 0.1) is 0 Å². The lowest BCUT2D eigenvalue weighted by Crippen LogP contribution is -2.11. The Balaban J connectivity index is 1.77. The molecular weight excluding hydrogens is 372 g/mol. The van der Waals surface area contributed by atoms with E-state index in [0.717, 1.165) is 18.6 Å². The predicted octanol–water partition coefficient (Wildman–Crippen LogP) is 7.77. The standard InChI is InChI=1S/C27H38O3/c1-4-6-8-9-11-12-22(3)29-25-18-20-26(21-19-25)30-27(28)24-16-14-23(15-17-24)13-10-7-5-2/h14-22H,4-13H2,1-3H3. The molecule has 2 aromatic carbocycles. The summed E-state index contributed by atoms with van der Waals surface area (Å²) in [5, 5.41) is 0. The summed E-state index contributed by atoms with van der Waals surface area (Å²) in [6.45, 7) is 6.55. The quantitative estimate of drug-likeness (QED) is 0.181. The molecule has 30 heavy (non-hydrogen) atoms. The van der Waals surface area contributed by atoms with Gasteiger partial charge in [0.05, 0.1) is 11.7 Å². The topological polar surface area (TPSA) is 35.5 Å². The third-order valence-corrected chi connectivity index (χ3v) is 5.34. The Morgan fingerprint density at radius 1 is 0.767 bits per heavy atom. The van der Waals surface area contributed by atoms with Crippen LogP contribution in [-0.4, -0.2) is 12.1 Å². The van der Waals surface area contributed by atoms with E-state index in [0.29, 0.717) is 11.3 Å². The molecule has 0 heterocycles. The van der Waals surface area contributed by atoms with Crippen LogP contribution >= 0.6 is 0 Å². The minimum atomic E-state index is -0.329. The number of aryl methyl sites for hydroxylation is 1. The summed E-state index contributed by atoms with van der Waals surface area (Å²) in [7, 11) is 0. The zero-order valence-corrected chi connectivity index (χ0v) is 19.0. The molecule has 2 rings (SSSR count). The molecule has 0 fully saturated rings. The van der Waals surface area contributed by atoms with E-state index in [1.807, 2.05) is 36.4 Å². The van der Waals surface area contributed by atoms with E-state index in [2.05, 4.69) is 20.8 Å². The Hall–Kier alpha value is -2.29. The van der Waals surface area contributed by atoms with Crippen molar-refractivity contribution in [1.29, 1.82) is 0 Å². The number of unbranched alkanes of at least 4 members (excludes halogenated alkanes) is 6. The number of carbonyl (C=O) groups excluding carboxylic acids is 1. The van der Waals surface area contributed by atoms with Gasteiger partial charge in [0.2, 0.25) is 0 Å². The summed E-state index contributed by atoms with van der Waals surface area (Å²) >= 11 is 0. The van der Waals surface area contributed by atoms with Crippen LogP contribution < -0.4 is 9.47 Å². The minimum absolute atomic E-state index is 0.191. The fraction of sp³-hybridized carbons (Fsp3) is 0.519. The fourth-order valence-corrected chi connectivity index (χ4v) is 3.47. The van der Waals surface area contributed by atoms with Crippen molar-refractivity contribution < 1.29 is 14.3 Å². The lowest BCUT2D eigenvalue weighted by atomic mass is 10.1. The van der Waals surface area contributed by atoms with Gasteiger partial charge in [0.15, 0.2) is 0 Å². The van der Waals surface area contributed by atoms with Crippen molar-refractivity contribution in [3.8, 4) is 11.5 Å². The molecule has 0 saturated carbocycles. The highest BCUT2D eigenvalue weighted by molar-refractivity contribution is 5.91. The highest BCUT2D eigenvalue weighted by atomic mass is 16.5. The Kier molecular flexibility index (Phi) is 11.1. The monoisotopic (exact) mass is 410 g/mol. The molecule has 0 amide bonds. The first-order chi connectivity index (χ1) is 14.6. The van der Waals surface area contributed by atoms with Gasteiger partial charge in [-0.3, -0.25) is 0 Å². The molecule has 0 radical (unpaired) electrons. The lowest BCUT2D eigenvalue weighted by molar-refractivity contribution is 0.0734. The largest absolute Gasteiger partial charge is 0.491 e. The van der Waals surface area contributed by atoms with Crippen molar-refractivity contribution in [2.75, 3.05) is 0 Å². The summed E-state index contributed by atoms with van der Waals surface area (Å²) in [5.41, 5.74) is 1.84. The van der Waals surface area contributed by atoms with Gasteiger partial charge in [-0.25, -0.2) is 4.79 Å². The number of hydrogen-bond acceptors (Lipinski definition) is 3. The van der Waals surface area contributed by atoms with Gasteiger partial charge in [-0.05, 0) is 74.6 Å². The second-order valence-corrected chi connectivity index (χ2v) is 8.15. The van der Waals surface area contributed by atoms with Gasteiger partial charge in [0, 0.05) is 0 Å². The summed E-state index contributed by atoms with van der Waals surface area (Å²) in [5.74, 6) is 1.02. The van der Waals surface area contributed by atoms with E-state index in [4.69, 9.17) is 9.47 Å². The Morgan fingerprint density at radius 2 is 1.37 bits per heavy atom. The van der Waals surface area contributed by atoms with E-state index >= 15 is 0 Å². The van der Waals surface area contributed by atoms with E-state index in [9.17, 15) is 4.79 Å². The molecule has 0 aromatic heterocycles. The van der Waals surface area contributed by atoms with Crippen LogP contribution in [0.25, 0.3) is 0 Å². The molecule has 2 aromatic rings. The van der Waals surface area contributed by atoms with Crippen LogP contribution in [0.4, 0.5) is 0 Å². The lowest BCUT2D eigenvalue weighted by Gasteiger charge is -2.15. The Labute approximate surface area is 182 Å². The maximum atomic E-state index is 12.4. The maximum absolute atomic E-state index is 12.4. The second-order valence-electron chi connectivity index (χ2n) is 8.15. The highest BCUT2D eigenvalue weighted by Gasteiger charge is 2.10. The summed E-state index contributed by atoms with van der Waals surface area (Å²) in [6.07, 6.45) is 12.3. The molecule has 1 unspecified atom stereocenters. The van der Waals surface area contributed by atoms with Crippen LogP contribution in [0.2, 0.25) is 0 Å². The smallest absolute Gasteiger partial charge is 0.343 e. The number of rotatable bonds is 14. The first-order valence-corrected chi connectivity index (χ1v) is 11.7. The summed E-state index contributed by atoms with van der Waals surface area (Å²) < 4.78 is 11.5. The minimum Gasteiger partial charge on any atom is -0.491 e. The van der Waals surface area contributed by atoms with E-state index in [1.54, 1.807) is 12.1 Å². The van der Waals surface area contributed by atoms with E-state index in [1.165, 1.54) is 56.9 Å². The zero-order chi connectivity index (χ0) is 21.6. The van der Waals surface area contributed by atoms with Crippen LogP contribution in [-0.2, 0) is 6.42 Å². The van der Waals surface area contributed by atoms with E-state index < -0.39 is 0 Å². The number of ether oxygens (including phenoxy) is 2. The highest BCUT2D eigenvalue weighted by Crippen LogP contribution is 2.21. The first-order valence-electron chi connectivity index (χ1n) is 11.7. The number of hydrogen-bond donors (Lipinski definition) is 0. The fourth-order valence-electron chi connectivity index (χ4n) is 3.47. The number of esters is 1. The maximum Gasteiger partial charge on any atom is 0.343 e. The average Bonchev–Trinajstić information content (AvgIpc) is 2.75. The van der Waals surface area contributed by atoms with Gasteiger partial charge in [-0.2, -0.15) is 0 Å². The molecule has 0 bridgehead atoms. The second kappa shape index (κ2) is 13.8. The molecule has 1 atom stereocenters. The predicted molar refractivity (Wildman–Crippen MR) is 125 cm³/mol. The third kappa shape index (κ3) is 9.02. The molecule has 0 saturated heterocycles. The van der Waals surface area contributed by atoms with Crippen molar-refractivity contribution >= 4 is 5.97 Å². The van der Waals surface area contributed by atoms with Crippen LogP contribution in [0.15, 0.2) is 48.5 Å². The molecule has 3 nitrogen and oxygen atoms in total. The SMILES string of the molecule is CCCCCCCC(C)Oc1ccc(OC(=O)c2ccc(CCCCC)cc2)cc1. The normalized spacial score (nSPS) is 11.8. The zero-order valence-electron chi connectivity index (χ0n) is 19.0. The Morgan fingerprint density at radius 3 is 2.03 bits per heavy atom. The van der Waals surface area contributed by atoms with Crippen LogP contribution in [0.5, 0.6) is 11.5 Å².